The van der Waals surface area contributed by atoms with Gasteiger partial charge >= 0.3 is 0 Å². The van der Waals surface area contributed by atoms with Crippen LogP contribution in [0.3, 0.4) is 0 Å². The zero-order valence-electron chi connectivity index (χ0n) is 9.33. The smallest absolute Gasteiger partial charge is 0.240 e. The monoisotopic (exact) mass is 268 g/mol. The molecule has 2 rings (SSSR count). The van der Waals surface area contributed by atoms with Gasteiger partial charge in [0.15, 0.2) is 0 Å². The molecule has 1 aromatic rings. The molecule has 0 atom stereocenters. The van der Waals surface area contributed by atoms with E-state index < -0.39 is 5.41 Å². The number of nitrogens with one attached hydrogen (secondary N) is 1. The van der Waals surface area contributed by atoms with Crippen molar-refractivity contribution in [1.29, 1.82) is 5.26 Å². The van der Waals surface area contributed by atoms with Crippen LogP contribution in [0.25, 0.3) is 0 Å². The highest BCUT2D eigenvalue weighted by molar-refractivity contribution is 7.16. The maximum Gasteiger partial charge on any atom is 0.240 e. The van der Waals surface area contributed by atoms with Gasteiger partial charge in [-0.2, -0.15) is 5.26 Å². The Hall–Kier alpha value is -1.05. The average Bonchev–Trinajstić information content (AvgIpc) is 2.63. The average molecular weight is 269 g/mol. The van der Waals surface area contributed by atoms with Gasteiger partial charge in [-0.1, -0.05) is 11.6 Å². The minimum absolute atomic E-state index is 0.117. The molecule has 1 aliphatic carbocycles. The number of nitrogens with zero attached hydrogens (tertiary/aromatic N) is 1. The molecule has 90 valence electrons. The fourth-order valence-electron chi connectivity index (χ4n) is 1.87. The lowest BCUT2D eigenvalue weighted by molar-refractivity contribution is -0.131. The molecule has 0 bridgehead atoms. The third kappa shape index (κ3) is 2.62. The van der Waals surface area contributed by atoms with Crippen molar-refractivity contribution in [2.45, 2.75) is 25.7 Å². The fourth-order valence-corrected chi connectivity index (χ4v) is 2.96. The van der Waals surface area contributed by atoms with Gasteiger partial charge in [-0.15, -0.1) is 11.3 Å². The van der Waals surface area contributed by atoms with Crippen molar-refractivity contribution >= 4 is 28.8 Å². The van der Waals surface area contributed by atoms with E-state index in [0.29, 0.717) is 19.4 Å². The summed E-state index contributed by atoms with van der Waals surface area (Å²) >= 11 is 7.34. The number of halogens is 1. The summed E-state index contributed by atoms with van der Waals surface area (Å²) in [6.07, 6.45) is 3.13. The van der Waals surface area contributed by atoms with Crippen LogP contribution in [-0.2, 0) is 11.2 Å². The summed E-state index contributed by atoms with van der Waals surface area (Å²) in [5.74, 6) is -0.117. The molecule has 5 heteroatoms. The number of rotatable bonds is 4. The Kier molecular flexibility index (Phi) is 3.70. The van der Waals surface area contributed by atoms with Gasteiger partial charge < -0.3 is 5.32 Å². The van der Waals surface area contributed by atoms with Crippen molar-refractivity contribution in [3.63, 3.8) is 0 Å². The molecule has 0 aliphatic heterocycles. The molecular weight excluding hydrogens is 256 g/mol. The standard InChI is InChI=1S/C12H13ClN2OS/c13-10-3-2-9(17-10)4-7-15-11(16)12(8-14)5-1-6-12/h2-3H,1,4-7H2,(H,15,16). The highest BCUT2D eigenvalue weighted by Gasteiger charge is 2.44. The largest absolute Gasteiger partial charge is 0.354 e. The zero-order chi connectivity index (χ0) is 12.3. The molecule has 3 nitrogen and oxygen atoms in total. The summed E-state index contributed by atoms with van der Waals surface area (Å²) in [6, 6.07) is 5.95. The van der Waals surface area contributed by atoms with Gasteiger partial charge in [0, 0.05) is 11.4 Å². The molecule has 1 aliphatic rings. The van der Waals surface area contributed by atoms with Crippen molar-refractivity contribution < 1.29 is 4.79 Å². The van der Waals surface area contributed by atoms with E-state index in [0.717, 1.165) is 22.1 Å². The second kappa shape index (κ2) is 5.07. The van der Waals surface area contributed by atoms with Crippen molar-refractivity contribution in [3.8, 4) is 6.07 Å². The second-order valence-corrected chi connectivity index (χ2v) is 6.06. The molecular formula is C12H13ClN2OS. The van der Waals surface area contributed by atoms with E-state index in [4.69, 9.17) is 16.9 Å². The molecule has 1 fully saturated rings. The number of hydrogen-bond acceptors (Lipinski definition) is 3. The number of carbonyl (C=O) groups is 1. The van der Waals surface area contributed by atoms with Crippen LogP contribution in [0.4, 0.5) is 0 Å². The number of carbonyl (C=O) groups excluding carboxylic acids is 1. The number of nitriles is 1. The van der Waals surface area contributed by atoms with Gasteiger partial charge in [0.2, 0.25) is 5.91 Å². The first-order valence-corrected chi connectivity index (χ1v) is 6.79. The fraction of sp³-hybridized carbons (Fsp3) is 0.500. The van der Waals surface area contributed by atoms with E-state index in [-0.39, 0.29) is 5.91 Å². The molecule has 0 saturated heterocycles. The second-order valence-electron chi connectivity index (χ2n) is 4.26. The summed E-state index contributed by atoms with van der Waals surface area (Å²) in [5.41, 5.74) is -0.743. The zero-order valence-corrected chi connectivity index (χ0v) is 10.9. The summed E-state index contributed by atoms with van der Waals surface area (Å²) in [7, 11) is 0. The summed E-state index contributed by atoms with van der Waals surface area (Å²) in [6.45, 7) is 0.569. The van der Waals surface area contributed by atoms with Gasteiger partial charge in [-0.25, -0.2) is 0 Å². The van der Waals surface area contributed by atoms with Crippen LogP contribution in [0.2, 0.25) is 4.34 Å². The van der Waals surface area contributed by atoms with Crippen LogP contribution in [-0.4, -0.2) is 12.5 Å². The quantitative estimate of drug-likeness (QED) is 0.913. The van der Waals surface area contributed by atoms with E-state index in [1.54, 1.807) is 0 Å². The van der Waals surface area contributed by atoms with Gasteiger partial charge in [-0.05, 0) is 37.8 Å². The molecule has 0 radical (unpaired) electrons. The minimum atomic E-state index is -0.743. The molecule has 1 heterocycles. The Morgan fingerprint density at radius 1 is 1.59 bits per heavy atom. The molecule has 1 saturated carbocycles. The third-order valence-corrected chi connectivity index (χ3v) is 4.43. The van der Waals surface area contributed by atoms with E-state index >= 15 is 0 Å². The maximum atomic E-state index is 11.8. The number of thiophene rings is 1. The van der Waals surface area contributed by atoms with Gasteiger partial charge in [0.25, 0.3) is 0 Å². The molecule has 0 unspecified atom stereocenters. The molecule has 1 amide bonds. The van der Waals surface area contributed by atoms with E-state index in [1.165, 1.54) is 11.3 Å². The van der Waals surface area contributed by atoms with E-state index in [2.05, 4.69) is 11.4 Å². The van der Waals surface area contributed by atoms with Crippen molar-refractivity contribution in [2.75, 3.05) is 6.54 Å². The highest BCUT2D eigenvalue weighted by Crippen LogP contribution is 2.40. The van der Waals surface area contributed by atoms with Gasteiger partial charge in [0.1, 0.15) is 5.41 Å². The van der Waals surface area contributed by atoms with Crippen LogP contribution < -0.4 is 5.32 Å². The normalized spacial score (nSPS) is 16.9. The Labute approximate surface area is 109 Å². The van der Waals surface area contributed by atoms with Crippen LogP contribution in [0, 0.1) is 16.7 Å². The molecule has 0 aromatic carbocycles. The summed E-state index contributed by atoms with van der Waals surface area (Å²) in [5, 5.41) is 11.8. The van der Waals surface area contributed by atoms with Crippen LogP contribution in [0.15, 0.2) is 12.1 Å². The predicted octanol–water partition coefficient (Wildman–Crippen LogP) is 2.75. The lowest BCUT2D eigenvalue weighted by Gasteiger charge is -2.33. The van der Waals surface area contributed by atoms with E-state index in [1.807, 2.05) is 12.1 Å². The maximum absolute atomic E-state index is 11.8. The van der Waals surface area contributed by atoms with Crippen LogP contribution in [0.5, 0.6) is 0 Å². The first-order valence-electron chi connectivity index (χ1n) is 5.60. The van der Waals surface area contributed by atoms with Crippen molar-refractivity contribution in [3.05, 3.63) is 21.3 Å². The van der Waals surface area contributed by atoms with Gasteiger partial charge in [-0.3, -0.25) is 4.79 Å². The highest BCUT2D eigenvalue weighted by atomic mass is 35.5. The summed E-state index contributed by atoms with van der Waals surface area (Å²) < 4.78 is 0.763. The Balaban J connectivity index is 1.79. The lowest BCUT2D eigenvalue weighted by atomic mass is 9.69. The Morgan fingerprint density at radius 2 is 2.35 bits per heavy atom. The molecule has 17 heavy (non-hydrogen) atoms. The molecule has 1 aromatic heterocycles. The number of hydrogen-bond donors (Lipinski definition) is 1. The molecule has 1 N–H and O–H groups in total. The number of amides is 1. The predicted molar refractivity (Wildman–Crippen MR) is 67.9 cm³/mol. The first-order chi connectivity index (χ1) is 8.16. The van der Waals surface area contributed by atoms with E-state index in [9.17, 15) is 4.79 Å². The summed E-state index contributed by atoms with van der Waals surface area (Å²) in [4.78, 5) is 13.0. The Morgan fingerprint density at radius 3 is 2.82 bits per heavy atom. The molecule has 0 spiro atoms. The SMILES string of the molecule is N#CC1(C(=O)NCCc2ccc(Cl)s2)CCC1. The third-order valence-electron chi connectivity index (χ3n) is 3.14. The van der Waals surface area contributed by atoms with Crippen LogP contribution in [0.1, 0.15) is 24.1 Å². The van der Waals surface area contributed by atoms with Crippen LogP contribution >= 0.6 is 22.9 Å². The van der Waals surface area contributed by atoms with Crippen molar-refractivity contribution in [1.82, 2.24) is 5.32 Å². The topological polar surface area (TPSA) is 52.9 Å². The van der Waals surface area contributed by atoms with Crippen molar-refractivity contribution in [2.24, 2.45) is 5.41 Å². The van der Waals surface area contributed by atoms with Gasteiger partial charge in [0.05, 0.1) is 10.4 Å². The Bertz CT molecular complexity index is 459. The first kappa shape index (κ1) is 12.4. The minimum Gasteiger partial charge on any atom is -0.354 e. The lowest BCUT2D eigenvalue weighted by Crippen LogP contribution is -2.45.